The van der Waals surface area contributed by atoms with Gasteiger partial charge in [0.25, 0.3) is 0 Å². The summed E-state index contributed by atoms with van der Waals surface area (Å²) in [5.41, 5.74) is 0.512. The van der Waals surface area contributed by atoms with Crippen LogP contribution in [0.2, 0.25) is 0 Å². The molecule has 19 heavy (non-hydrogen) atoms. The summed E-state index contributed by atoms with van der Waals surface area (Å²) in [5.74, 6) is 0.874. The van der Waals surface area contributed by atoms with E-state index in [1.54, 1.807) is 13.0 Å². The first kappa shape index (κ1) is 13.9. The third-order valence-corrected chi connectivity index (χ3v) is 3.32. The van der Waals surface area contributed by atoms with E-state index in [4.69, 9.17) is 9.47 Å². The van der Waals surface area contributed by atoms with Crippen LogP contribution in [0.25, 0.3) is 0 Å². The number of nitrogens with one attached hydrogen (secondary N) is 1. The molecule has 0 unspecified atom stereocenters. The highest BCUT2D eigenvalue weighted by molar-refractivity contribution is 5.92. The van der Waals surface area contributed by atoms with E-state index in [0.717, 1.165) is 25.9 Å². The maximum atomic E-state index is 11.8. The molecule has 1 fully saturated rings. The van der Waals surface area contributed by atoms with Crippen molar-refractivity contribution < 1.29 is 14.3 Å². The average molecular weight is 263 g/mol. The Morgan fingerprint density at radius 3 is 2.79 bits per heavy atom. The van der Waals surface area contributed by atoms with Crippen molar-refractivity contribution in [2.24, 2.45) is 5.92 Å². The number of esters is 1. The molecule has 104 valence electrons. The zero-order valence-corrected chi connectivity index (χ0v) is 11.4. The van der Waals surface area contributed by atoms with Gasteiger partial charge in [0.15, 0.2) is 0 Å². The van der Waals surface area contributed by atoms with Crippen molar-refractivity contribution in [3.05, 3.63) is 29.8 Å². The number of carbonyl (C=O) groups excluding carboxylic acids is 1. The number of hydrogen-bond donors (Lipinski definition) is 1. The Labute approximate surface area is 114 Å². The van der Waals surface area contributed by atoms with Crippen LogP contribution in [0.1, 0.15) is 30.1 Å². The van der Waals surface area contributed by atoms with Gasteiger partial charge in [-0.3, -0.25) is 0 Å². The van der Waals surface area contributed by atoms with E-state index in [-0.39, 0.29) is 5.97 Å². The fourth-order valence-corrected chi connectivity index (χ4v) is 2.23. The molecule has 0 atom stereocenters. The van der Waals surface area contributed by atoms with E-state index in [1.807, 2.05) is 18.2 Å². The number of ether oxygens (including phenoxy) is 2. The lowest BCUT2D eigenvalue weighted by Gasteiger charge is -2.23. The first-order valence-corrected chi connectivity index (χ1v) is 6.91. The Balaban J connectivity index is 1.97. The van der Waals surface area contributed by atoms with Crippen molar-refractivity contribution in [2.75, 3.05) is 26.3 Å². The van der Waals surface area contributed by atoms with Gasteiger partial charge in [-0.05, 0) is 50.9 Å². The predicted molar refractivity (Wildman–Crippen MR) is 73.5 cm³/mol. The van der Waals surface area contributed by atoms with Crippen molar-refractivity contribution in [1.29, 1.82) is 0 Å². The Morgan fingerprint density at radius 1 is 1.32 bits per heavy atom. The maximum Gasteiger partial charge on any atom is 0.341 e. The molecular formula is C15H21NO3. The number of piperidine rings is 1. The number of carbonyl (C=O) groups is 1. The molecule has 1 heterocycles. The zero-order valence-electron chi connectivity index (χ0n) is 11.4. The molecule has 0 aliphatic carbocycles. The van der Waals surface area contributed by atoms with Gasteiger partial charge in [0, 0.05) is 0 Å². The molecule has 1 aliphatic heterocycles. The summed E-state index contributed by atoms with van der Waals surface area (Å²) < 4.78 is 10.8. The second kappa shape index (κ2) is 7.14. The number of para-hydroxylation sites is 1. The highest BCUT2D eigenvalue weighted by Crippen LogP contribution is 2.21. The highest BCUT2D eigenvalue weighted by Gasteiger charge is 2.17. The van der Waals surface area contributed by atoms with Crippen LogP contribution in [-0.2, 0) is 4.74 Å². The Morgan fingerprint density at radius 2 is 2.05 bits per heavy atom. The van der Waals surface area contributed by atoms with Crippen LogP contribution in [0.3, 0.4) is 0 Å². The topological polar surface area (TPSA) is 47.6 Å². The van der Waals surface area contributed by atoms with Crippen molar-refractivity contribution in [1.82, 2.24) is 5.32 Å². The quantitative estimate of drug-likeness (QED) is 0.828. The lowest BCUT2D eigenvalue weighted by atomic mass is 9.99. The van der Waals surface area contributed by atoms with E-state index in [2.05, 4.69) is 5.32 Å². The normalized spacial score (nSPS) is 16.1. The Hall–Kier alpha value is -1.55. The van der Waals surface area contributed by atoms with Crippen LogP contribution in [0.15, 0.2) is 24.3 Å². The number of benzene rings is 1. The molecule has 1 aromatic rings. The van der Waals surface area contributed by atoms with Crippen LogP contribution < -0.4 is 10.1 Å². The molecule has 0 spiro atoms. The van der Waals surface area contributed by atoms with Crippen LogP contribution in [0.5, 0.6) is 5.75 Å². The van der Waals surface area contributed by atoms with Gasteiger partial charge in [0.1, 0.15) is 11.3 Å². The Kier molecular flexibility index (Phi) is 5.21. The monoisotopic (exact) mass is 263 g/mol. The zero-order chi connectivity index (χ0) is 13.5. The van der Waals surface area contributed by atoms with Crippen molar-refractivity contribution in [2.45, 2.75) is 19.8 Å². The highest BCUT2D eigenvalue weighted by atomic mass is 16.5. The molecule has 2 rings (SSSR count). The van der Waals surface area contributed by atoms with E-state index < -0.39 is 0 Å². The lowest BCUT2D eigenvalue weighted by Crippen LogP contribution is -2.30. The molecule has 1 aliphatic rings. The molecular weight excluding hydrogens is 242 g/mol. The van der Waals surface area contributed by atoms with E-state index in [9.17, 15) is 4.79 Å². The van der Waals surface area contributed by atoms with Gasteiger partial charge in [-0.15, -0.1) is 0 Å². The van der Waals surface area contributed by atoms with Crippen LogP contribution >= 0.6 is 0 Å². The molecule has 0 radical (unpaired) electrons. The van der Waals surface area contributed by atoms with Gasteiger partial charge in [0.05, 0.1) is 13.2 Å². The minimum absolute atomic E-state index is 0.316. The van der Waals surface area contributed by atoms with Gasteiger partial charge in [-0.25, -0.2) is 4.79 Å². The number of hydrogen-bond acceptors (Lipinski definition) is 4. The first-order chi connectivity index (χ1) is 9.31. The fraction of sp³-hybridized carbons (Fsp3) is 0.533. The average Bonchev–Trinajstić information content (AvgIpc) is 2.47. The number of rotatable bonds is 5. The minimum atomic E-state index is -0.316. The smallest absolute Gasteiger partial charge is 0.341 e. The molecule has 4 nitrogen and oxygen atoms in total. The van der Waals surface area contributed by atoms with Crippen LogP contribution in [-0.4, -0.2) is 32.3 Å². The minimum Gasteiger partial charge on any atom is -0.492 e. The largest absolute Gasteiger partial charge is 0.492 e. The van der Waals surface area contributed by atoms with Crippen molar-refractivity contribution >= 4 is 5.97 Å². The molecule has 1 aromatic carbocycles. The summed E-state index contributed by atoms with van der Waals surface area (Å²) in [7, 11) is 0. The van der Waals surface area contributed by atoms with Gasteiger partial charge in [0.2, 0.25) is 0 Å². The SMILES string of the molecule is CCOC(=O)c1ccccc1OCC1CCNCC1. The van der Waals surface area contributed by atoms with Crippen LogP contribution in [0.4, 0.5) is 0 Å². The fourth-order valence-electron chi connectivity index (χ4n) is 2.23. The van der Waals surface area contributed by atoms with Gasteiger partial charge in [-0.2, -0.15) is 0 Å². The third-order valence-electron chi connectivity index (χ3n) is 3.32. The standard InChI is InChI=1S/C15H21NO3/c1-2-18-15(17)13-5-3-4-6-14(13)19-11-12-7-9-16-10-8-12/h3-6,12,16H,2,7-11H2,1H3. The Bertz CT molecular complexity index is 414. The third kappa shape index (κ3) is 3.96. The lowest BCUT2D eigenvalue weighted by molar-refractivity contribution is 0.0520. The molecule has 1 saturated heterocycles. The summed E-state index contributed by atoms with van der Waals surface area (Å²) in [4.78, 5) is 11.8. The van der Waals surface area contributed by atoms with Crippen LogP contribution in [0, 0.1) is 5.92 Å². The molecule has 0 saturated carbocycles. The van der Waals surface area contributed by atoms with E-state index in [1.165, 1.54) is 0 Å². The summed E-state index contributed by atoms with van der Waals surface area (Å²) in [6.45, 7) is 4.94. The molecule has 0 aromatic heterocycles. The maximum absolute atomic E-state index is 11.8. The summed E-state index contributed by atoms with van der Waals surface area (Å²) in [6.07, 6.45) is 2.25. The first-order valence-electron chi connectivity index (χ1n) is 6.91. The van der Waals surface area contributed by atoms with Gasteiger partial charge >= 0.3 is 5.97 Å². The summed E-state index contributed by atoms with van der Waals surface area (Å²) in [6, 6.07) is 7.27. The second-order valence-corrected chi connectivity index (χ2v) is 4.72. The summed E-state index contributed by atoms with van der Waals surface area (Å²) >= 11 is 0. The van der Waals surface area contributed by atoms with Crippen molar-refractivity contribution in [3.63, 3.8) is 0 Å². The molecule has 1 N–H and O–H groups in total. The summed E-state index contributed by atoms with van der Waals surface area (Å²) in [5, 5.41) is 3.33. The predicted octanol–water partition coefficient (Wildman–Crippen LogP) is 2.24. The van der Waals surface area contributed by atoms with E-state index >= 15 is 0 Å². The second-order valence-electron chi connectivity index (χ2n) is 4.72. The van der Waals surface area contributed by atoms with Crippen molar-refractivity contribution in [3.8, 4) is 5.75 Å². The molecule has 0 bridgehead atoms. The molecule has 0 amide bonds. The van der Waals surface area contributed by atoms with Gasteiger partial charge < -0.3 is 14.8 Å². The van der Waals surface area contributed by atoms with Gasteiger partial charge in [-0.1, -0.05) is 12.1 Å². The van der Waals surface area contributed by atoms with E-state index in [0.29, 0.717) is 30.4 Å². The molecule has 4 heteroatoms.